The first-order valence-electron chi connectivity index (χ1n) is 8.38. The molecule has 140 valence electrons. The van der Waals surface area contributed by atoms with Crippen LogP contribution < -0.4 is 5.32 Å². The fourth-order valence-corrected chi connectivity index (χ4v) is 2.86. The van der Waals surface area contributed by atoms with Crippen LogP contribution in [0.1, 0.15) is 13.8 Å². The molecule has 2 N–H and O–H groups in total. The first kappa shape index (κ1) is 17.3. The summed E-state index contributed by atoms with van der Waals surface area (Å²) in [5.41, 5.74) is 3.93. The van der Waals surface area contributed by atoms with Gasteiger partial charge in [0.05, 0.1) is 5.52 Å². The highest BCUT2D eigenvalue weighted by Gasteiger charge is 2.36. The normalized spacial score (nSPS) is 13.4. The molecule has 0 amide bonds. The lowest BCUT2D eigenvalue weighted by Gasteiger charge is -2.16. The number of alkyl halides is 3. The Balaban J connectivity index is 1.71. The van der Waals surface area contributed by atoms with Crippen molar-refractivity contribution < 1.29 is 13.2 Å². The Hall–Kier alpha value is -3.17. The number of aromatic amines is 1. The molecule has 0 aliphatic carbocycles. The number of fused-ring (bicyclic) bond motifs is 2. The molecule has 3 aromatic heterocycles. The maximum absolute atomic E-state index is 12.7. The van der Waals surface area contributed by atoms with Crippen LogP contribution in [0.2, 0.25) is 0 Å². The number of nitrogens with one attached hydrogen (secondary N) is 2. The van der Waals surface area contributed by atoms with E-state index in [1.54, 1.807) is 10.9 Å². The minimum Gasteiger partial charge on any atom is -0.345 e. The molecular weight excluding hydrogens is 359 g/mol. The minimum atomic E-state index is -4.37. The van der Waals surface area contributed by atoms with Crippen molar-refractivity contribution in [3.8, 4) is 11.1 Å². The number of anilines is 1. The van der Waals surface area contributed by atoms with Gasteiger partial charge in [-0.25, -0.2) is 9.67 Å². The Morgan fingerprint density at radius 1 is 1.30 bits per heavy atom. The standard InChI is InChI=1S/C17H16F3N7/c1-3-27-14-6-10(4-5-13(14)25-26-27)11-7-21-15-12(11)8-22-16(24-15)23-9(2)17(18,19)20/h4-9H,3H2,1-2H3,(H2,21,22,23,24)/t9-/m0/s1. The highest BCUT2D eigenvalue weighted by atomic mass is 19.4. The molecular formula is C17H16F3N7. The number of H-pyrrole nitrogens is 1. The van der Waals surface area contributed by atoms with Crippen molar-refractivity contribution in [3.63, 3.8) is 0 Å². The average Bonchev–Trinajstić information content (AvgIpc) is 3.23. The smallest absolute Gasteiger partial charge is 0.345 e. The van der Waals surface area contributed by atoms with Crippen LogP contribution in [0.15, 0.2) is 30.6 Å². The van der Waals surface area contributed by atoms with E-state index in [1.807, 2.05) is 25.1 Å². The summed E-state index contributed by atoms with van der Waals surface area (Å²) in [6.07, 6.45) is -1.10. The molecule has 4 rings (SSSR count). The summed E-state index contributed by atoms with van der Waals surface area (Å²) in [7, 11) is 0. The summed E-state index contributed by atoms with van der Waals surface area (Å²) in [4.78, 5) is 11.2. The van der Waals surface area contributed by atoms with Gasteiger partial charge in [0.15, 0.2) is 0 Å². The van der Waals surface area contributed by atoms with Gasteiger partial charge in [0.25, 0.3) is 0 Å². The zero-order valence-corrected chi connectivity index (χ0v) is 14.5. The number of benzene rings is 1. The van der Waals surface area contributed by atoms with E-state index in [2.05, 4.69) is 30.6 Å². The van der Waals surface area contributed by atoms with E-state index in [9.17, 15) is 13.2 Å². The van der Waals surface area contributed by atoms with Crippen molar-refractivity contribution in [2.45, 2.75) is 32.6 Å². The molecule has 7 nitrogen and oxygen atoms in total. The second-order valence-corrected chi connectivity index (χ2v) is 6.17. The van der Waals surface area contributed by atoms with Gasteiger partial charge in [-0.3, -0.25) is 0 Å². The summed E-state index contributed by atoms with van der Waals surface area (Å²) < 4.78 is 39.9. The molecule has 0 bridgehead atoms. The Morgan fingerprint density at radius 2 is 2.11 bits per heavy atom. The zero-order valence-electron chi connectivity index (χ0n) is 14.5. The van der Waals surface area contributed by atoms with E-state index in [4.69, 9.17) is 0 Å². The monoisotopic (exact) mass is 375 g/mol. The van der Waals surface area contributed by atoms with Gasteiger partial charge in [0.2, 0.25) is 5.95 Å². The van der Waals surface area contributed by atoms with Gasteiger partial charge >= 0.3 is 6.18 Å². The Morgan fingerprint density at radius 3 is 2.85 bits per heavy atom. The zero-order chi connectivity index (χ0) is 19.2. The van der Waals surface area contributed by atoms with Crippen molar-refractivity contribution in [1.82, 2.24) is 29.9 Å². The van der Waals surface area contributed by atoms with Crippen LogP contribution in [0, 0.1) is 0 Å². The molecule has 3 heterocycles. The summed E-state index contributed by atoms with van der Waals surface area (Å²) in [6.45, 7) is 3.70. The molecule has 0 saturated heterocycles. The van der Waals surface area contributed by atoms with E-state index in [-0.39, 0.29) is 5.95 Å². The number of hydrogen-bond acceptors (Lipinski definition) is 5. The molecule has 1 aromatic carbocycles. The van der Waals surface area contributed by atoms with Crippen molar-refractivity contribution in [2.75, 3.05) is 5.32 Å². The summed E-state index contributed by atoms with van der Waals surface area (Å²) in [6, 6.07) is 4.02. The largest absolute Gasteiger partial charge is 0.408 e. The first-order chi connectivity index (χ1) is 12.9. The van der Waals surface area contributed by atoms with Crippen LogP contribution in [0.3, 0.4) is 0 Å². The predicted molar refractivity (Wildman–Crippen MR) is 95.2 cm³/mol. The van der Waals surface area contributed by atoms with E-state index in [0.717, 1.165) is 34.5 Å². The van der Waals surface area contributed by atoms with E-state index >= 15 is 0 Å². The molecule has 27 heavy (non-hydrogen) atoms. The summed E-state index contributed by atoms with van der Waals surface area (Å²) >= 11 is 0. The highest BCUT2D eigenvalue weighted by Crippen LogP contribution is 2.30. The average molecular weight is 375 g/mol. The van der Waals surface area contributed by atoms with Crippen molar-refractivity contribution in [2.24, 2.45) is 0 Å². The summed E-state index contributed by atoms with van der Waals surface area (Å²) in [5.74, 6) is -0.0792. The maximum atomic E-state index is 12.7. The molecule has 1 atom stereocenters. The first-order valence-corrected chi connectivity index (χ1v) is 8.38. The third kappa shape index (κ3) is 3.07. The molecule has 4 aromatic rings. The number of halogens is 3. The van der Waals surface area contributed by atoms with Crippen molar-refractivity contribution in [3.05, 3.63) is 30.6 Å². The number of hydrogen-bond donors (Lipinski definition) is 2. The van der Waals surface area contributed by atoms with Crippen LogP contribution in [-0.4, -0.2) is 42.2 Å². The Labute approximate surface area is 151 Å². The van der Waals surface area contributed by atoms with E-state index in [1.165, 1.54) is 6.20 Å². The van der Waals surface area contributed by atoms with Crippen LogP contribution in [-0.2, 0) is 6.54 Å². The molecule has 0 fully saturated rings. The fraction of sp³-hybridized carbons (Fsp3) is 0.294. The van der Waals surface area contributed by atoms with Crippen molar-refractivity contribution in [1.29, 1.82) is 0 Å². The molecule has 0 spiro atoms. The topological polar surface area (TPSA) is 84.3 Å². The fourth-order valence-electron chi connectivity index (χ4n) is 2.86. The summed E-state index contributed by atoms with van der Waals surface area (Å²) in [5, 5.41) is 11.2. The van der Waals surface area contributed by atoms with Crippen LogP contribution in [0.5, 0.6) is 0 Å². The predicted octanol–water partition coefficient (Wildman–Crippen LogP) is 3.75. The van der Waals surface area contributed by atoms with E-state index < -0.39 is 12.2 Å². The third-order valence-corrected chi connectivity index (χ3v) is 4.39. The molecule has 0 saturated carbocycles. The van der Waals surface area contributed by atoms with Gasteiger partial charge < -0.3 is 10.3 Å². The Kier molecular flexibility index (Phi) is 3.97. The number of aryl methyl sites for hydroxylation is 1. The van der Waals surface area contributed by atoms with Gasteiger partial charge in [-0.1, -0.05) is 11.3 Å². The SMILES string of the molecule is CCn1nnc2ccc(-c3c[nH]c4nc(N[C@@H](C)C(F)(F)F)ncc34)cc21. The lowest BCUT2D eigenvalue weighted by atomic mass is 10.1. The van der Waals surface area contributed by atoms with Crippen molar-refractivity contribution >= 4 is 28.0 Å². The molecule has 0 unspecified atom stereocenters. The lowest BCUT2D eigenvalue weighted by molar-refractivity contribution is -0.138. The second kappa shape index (κ2) is 6.22. The quantitative estimate of drug-likeness (QED) is 0.567. The van der Waals surface area contributed by atoms with Gasteiger partial charge in [-0.05, 0) is 31.5 Å². The number of aromatic nitrogens is 6. The molecule has 0 radical (unpaired) electrons. The van der Waals surface area contributed by atoms with Gasteiger partial charge in [-0.2, -0.15) is 18.2 Å². The number of rotatable bonds is 4. The molecule has 10 heteroatoms. The van der Waals surface area contributed by atoms with Gasteiger partial charge in [0, 0.05) is 29.9 Å². The highest BCUT2D eigenvalue weighted by molar-refractivity contribution is 5.95. The Bertz CT molecular complexity index is 1110. The second-order valence-electron chi connectivity index (χ2n) is 6.17. The lowest BCUT2D eigenvalue weighted by Crippen LogP contribution is -2.33. The van der Waals surface area contributed by atoms with E-state index in [0.29, 0.717) is 12.2 Å². The van der Waals surface area contributed by atoms with Crippen LogP contribution >= 0.6 is 0 Å². The third-order valence-electron chi connectivity index (χ3n) is 4.39. The molecule has 0 aliphatic rings. The number of nitrogens with zero attached hydrogens (tertiary/aromatic N) is 5. The van der Waals surface area contributed by atoms with Crippen LogP contribution in [0.4, 0.5) is 19.1 Å². The van der Waals surface area contributed by atoms with Crippen LogP contribution in [0.25, 0.3) is 33.2 Å². The minimum absolute atomic E-state index is 0.0792. The van der Waals surface area contributed by atoms with Gasteiger partial charge in [0.1, 0.15) is 17.2 Å². The van der Waals surface area contributed by atoms with Gasteiger partial charge in [-0.15, -0.1) is 5.10 Å². The molecule has 0 aliphatic heterocycles. The maximum Gasteiger partial charge on any atom is 0.408 e.